The quantitative estimate of drug-likeness (QED) is 0.897. The molecule has 0 radical (unpaired) electrons. The van der Waals surface area contributed by atoms with Gasteiger partial charge in [-0.1, -0.05) is 31.5 Å². The van der Waals surface area contributed by atoms with Crippen molar-refractivity contribution in [2.24, 2.45) is 5.92 Å². The molecule has 1 fully saturated rings. The largest absolute Gasteiger partial charge is 0.377 e. The summed E-state index contributed by atoms with van der Waals surface area (Å²) in [6.45, 7) is 13.1. The Bertz CT molecular complexity index is 474. The summed E-state index contributed by atoms with van der Waals surface area (Å²) in [5.41, 5.74) is 2.35. The molecule has 1 aromatic carbocycles. The molecule has 0 aliphatic carbocycles. The third-order valence-electron chi connectivity index (χ3n) is 3.86. The molecule has 3 nitrogen and oxygen atoms in total. The lowest BCUT2D eigenvalue weighted by atomic mass is 10.0. The molecule has 0 saturated carbocycles. The van der Waals surface area contributed by atoms with E-state index >= 15 is 0 Å². The highest BCUT2D eigenvalue weighted by molar-refractivity contribution is 6.31. The summed E-state index contributed by atoms with van der Waals surface area (Å²) in [4.78, 5) is 2.38. The fourth-order valence-corrected chi connectivity index (χ4v) is 2.92. The standard InChI is InChI=1S/C17H27ClN2O/c1-13(2)10-19-11-14-5-6-15(9-16(14)18)20-7-8-21-12-17(20,3)4/h5-6,9,13,19H,7-8,10-12H2,1-4H3. The topological polar surface area (TPSA) is 24.5 Å². The van der Waals surface area contributed by atoms with Gasteiger partial charge in [0, 0.05) is 23.8 Å². The number of ether oxygens (including phenoxy) is 1. The SMILES string of the molecule is CC(C)CNCc1ccc(N2CCOCC2(C)C)cc1Cl. The molecule has 2 rings (SSSR count). The van der Waals surface area contributed by atoms with E-state index in [2.05, 4.69) is 56.1 Å². The Morgan fingerprint density at radius 2 is 2.14 bits per heavy atom. The lowest BCUT2D eigenvalue weighted by molar-refractivity contribution is 0.0644. The monoisotopic (exact) mass is 310 g/mol. The van der Waals surface area contributed by atoms with Crippen LogP contribution in [0.25, 0.3) is 0 Å². The van der Waals surface area contributed by atoms with Crippen molar-refractivity contribution in [3.63, 3.8) is 0 Å². The van der Waals surface area contributed by atoms with Gasteiger partial charge in [-0.05, 0) is 44.0 Å². The third-order valence-corrected chi connectivity index (χ3v) is 4.21. The Labute approximate surface area is 133 Å². The fraction of sp³-hybridized carbons (Fsp3) is 0.647. The lowest BCUT2D eigenvalue weighted by Crippen LogP contribution is -2.53. The van der Waals surface area contributed by atoms with Crippen LogP contribution in [0.15, 0.2) is 18.2 Å². The summed E-state index contributed by atoms with van der Waals surface area (Å²) in [5.74, 6) is 0.650. The molecule has 0 bridgehead atoms. The summed E-state index contributed by atoms with van der Waals surface area (Å²) in [7, 11) is 0. The molecule has 21 heavy (non-hydrogen) atoms. The first-order valence-electron chi connectivity index (χ1n) is 7.74. The number of benzene rings is 1. The Morgan fingerprint density at radius 1 is 1.38 bits per heavy atom. The molecule has 1 aliphatic heterocycles. The van der Waals surface area contributed by atoms with Crippen LogP contribution in [0.2, 0.25) is 5.02 Å². The molecule has 0 aromatic heterocycles. The van der Waals surface area contributed by atoms with Crippen molar-refractivity contribution in [1.82, 2.24) is 5.32 Å². The van der Waals surface area contributed by atoms with Crippen molar-refractivity contribution >= 4 is 17.3 Å². The van der Waals surface area contributed by atoms with E-state index in [9.17, 15) is 0 Å². The predicted octanol–water partition coefficient (Wildman–Crippen LogP) is 3.70. The first-order valence-corrected chi connectivity index (χ1v) is 8.12. The number of halogens is 1. The molecular formula is C17H27ClN2O. The van der Waals surface area contributed by atoms with E-state index < -0.39 is 0 Å². The van der Waals surface area contributed by atoms with Gasteiger partial charge in [0.05, 0.1) is 18.8 Å². The molecule has 1 N–H and O–H groups in total. The van der Waals surface area contributed by atoms with E-state index in [0.29, 0.717) is 5.92 Å². The van der Waals surface area contributed by atoms with E-state index in [0.717, 1.165) is 43.4 Å². The third kappa shape index (κ3) is 4.35. The minimum absolute atomic E-state index is 0.0129. The van der Waals surface area contributed by atoms with Crippen LogP contribution in [0.1, 0.15) is 33.3 Å². The molecule has 0 spiro atoms. The van der Waals surface area contributed by atoms with Crippen molar-refractivity contribution in [1.29, 1.82) is 0 Å². The van der Waals surface area contributed by atoms with E-state index in [1.807, 2.05) is 0 Å². The zero-order valence-electron chi connectivity index (χ0n) is 13.6. The van der Waals surface area contributed by atoms with Gasteiger partial charge in [-0.15, -0.1) is 0 Å². The summed E-state index contributed by atoms with van der Waals surface area (Å²) in [6, 6.07) is 6.39. The highest BCUT2D eigenvalue weighted by atomic mass is 35.5. The summed E-state index contributed by atoms with van der Waals surface area (Å²) < 4.78 is 5.58. The van der Waals surface area contributed by atoms with Crippen LogP contribution in [0.5, 0.6) is 0 Å². The molecular weight excluding hydrogens is 284 g/mol. The van der Waals surface area contributed by atoms with Crippen LogP contribution in [-0.4, -0.2) is 31.8 Å². The maximum atomic E-state index is 6.46. The van der Waals surface area contributed by atoms with Crippen LogP contribution < -0.4 is 10.2 Å². The van der Waals surface area contributed by atoms with Gasteiger partial charge in [0.15, 0.2) is 0 Å². The molecule has 1 aromatic rings. The van der Waals surface area contributed by atoms with Crippen LogP contribution >= 0.6 is 11.6 Å². The maximum absolute atomic E-state index is 6.46. The second kappa shape index (κ2) is 6.99. The van der Waals surface area contributed by atoms with Crippen LogP contribution in [0, 0.1) is 5.92 Å². The molecule has 118 valence electrons. The zero-order chi connectivity index (χ0) is 15.5. The smallest absolute Gasteiger partial charge is 0.0694 e. The zero-order valence-corrected chi connectivity index (χ0v) is 14.3. The average Bonchev–Trinajstić information content (AvgIpc) is 2.40. The molecule has 0 amide bonds. The Hall–Kier alpha value is -0.770. The van der Waals surface area contributed by atoms with Gasteiger partial charge in [0.2, 0.25) is 0 Å². The van der Waals surface area contributed by atoms with Gasteiger partial charge in [-0.3, -0.25) is 0 Å². The van der Waals surface area contributed by atoms with Gasteiger partial charge in [0.1, 0.15) is 0 Å². The Kier molecular flexibility index (Phi) is 5.53. The van der Waals surface area contributed by atoms with Gasteiger partial charge >= 0.3 is 0 Å². The van der Waals surface area contributed by atoms with Crippen molar-refractivity contribution < 1.29 is 4.74 Å². The number of anilines is 1. The normalized spacial score (nSPS) is 18.3. The first-order chi connectivity index (χ1) is 9.90. The van der Waals surface area contributed by atoms with Crippen LogP contribution in [0.3, 0.4) is 0 Å². The second-order valence-corrected chi connectivity index (χ2v) is 7.22. The van der Waals surface area contributed by atoms with E-state index in [1.54, 1.807) is 0 Å². The molecule has 1 saturated heterocycles. The minimum Gasteiger partial charge on any atom is -0.377 e. The molecule has 0 atom stereocenters. The fourth-order valence-electron chi connectivity index (χ4n) is 2.68. The van der Waals surface area contributed by atoms with Crippen molar-refractivity contribution in [3.8, 4) is 0 Å². The van der Waals surface area contributed by atoms with Gasteiger partial charge in [0.25, 0.3) is 0 Å². The minimum atomic E-state index is 0.0129. The lowest BCUT2D eigenvalue weighted by Gasteiger charge is -2.44. The number of hydrogen-bond donors (Lipinski definition) is 1. The molecule has 1 aliphatic rings. The summed E-state index contributed by atoms with van der Waals surface area (Å²) in [6.07, 6.45) is 0. The average molecular weight is 311 g/mol. The number of rotatable bonds is 5. The summed E-state index contributed by atoms with van der Waals surface area (Å²) >= 11 is 6.46. The highest BCUT2D eigenvalue weighted by Crippen LogP contribution is 2.30. The Balaban J connectivity index is 2.07. The van der Waals surface area contributed by atoms with Gasteiger partial charge in [-0.25, -0.2) is 0 Å². The number of hydrogen-bond acceptors (Lipinski definition) is 3. The number of nitrogens with zero attached hydrogens (tertiary/aromatic N) is 1. The van der Waals surface area contributed by atoms with Gasteiger partial charge < -0.3 is 15.0 Å². The van der Waals surface area contributed by atoms with E-state index in [4.69, 9.17) is 16.3 Å². The number of morpholine rings is 1. The van der Waals surface area contributed by atoms with Crippen molar-refractivity contribution in [2.75, 3.05) is 31.2 Å². The van der Waals surface area contributed by atoms with Crippen molar-refractivity contribution in [3.05, 3.63) is 28.8 Å². The second-order valence-electron chi connectivity index (χ2n) is 6.82. The van der Waals surface area contributed by atoms with E-state index in [1.165, 1.54) is 5.69 Å². The summed E-state index contributed by atoms with van der Waals surface area (Å²) in [5, 5.41) is 4.28. The number of nitrogens with one attached hydrogen (secondary N) is 1. The van der Waals surface area contributed by atoms with Gasteiger partial charge in [-0.2, -0.15) is 0 Å². The molecule has 1 heterocycles. The molecule has 4 heteroatoms. The van der Waals surface area contributed by atoms with E-state index in [-0.39, 0.29) is 5.54 Å². The first kappa shape index (κ1) is 16.6. The Morgan fingerprint density at radius 3 is 2.76 bits per heavy atom. The van der Waals surface area contributed by atoms with Crippen molar-refractivity contribution in [2.45, 2.75) is 39.8 Å². The maximum Gasteiger partial charge on any atom is 0.0694 e. The van der Waals surface area contributed by atoms with Crippen LogP contribution in [0.4, 0.5) is 5.69 Å². The highest BCUT2D eigenvalue weighted by Gasteiger charge is 2.30. The molecule has 0 unspecified atom stereocenters. The van der Waals surface area contributed by atoms with Crippen LogP contribution in [-0.2, 0) is 11.3 Å². The predicted molar refractivity (Wildman–Crippen MR) is 90.2 cm³/mol.